The maximum absolute atomic E-state index is 13.3. The molecule has 0 radical (unpaired) electrons. The Morgan fingerprint density at radius 3 is 2.55 bits per heavy atom. The summed E-state index contributed by atoms with van der Waals surface area (Å²) in [6.45, 7) is -0.922. The number of hydrogen-bond donors (Lipinski definition) is 2. The molecule has 1 saturated heterocycles. The number of halogens is 1. The lowest BCUT2D eigenvalue weighted by atomic mass is 10.1. The second kappa shape index (κ2) is 9.00. The summed E-state index contributed by atoms with van der Waals surface area (Å²) in [5, 5.41) is 18.2. The van der Waals surface area contributed by atoms with Crippen molar-refractivity contribution >= 4 is 40.7 Å². The lowest BCUT2D eigenvalue weighted by Gasteiger charge is -2.19. The predicted molar refractivity (Wildman–Crippen MR) is 111 cm³/mol. The third kappa shape index (κ3) is 5.10. The minimum absolute atomic E-state index is 0.0571. The van der Waals surface area contributed by atoms with Gasteiger partial charge in [0.05, 0.1) is 11.4 Å². The quantitative estimate of drug-likeness (QED) is 0.400. The average Bonchev–Trinajstić information content (AvgIpc) is 2.97. The number of thioether (sulfide) groups is 1. The van der Waals surface area contributed by atoms with E-state index < -0.39 is 40.9 Å². The van der Waals surface area contributed by atoms with Crippen molar-refractivity contribution in [2.45, 2.75) is 0 Å². The summed E-state index contributed by atoms with van der Waals surface area (Å²) in [5.74, 6) is -3.18. The molecule has 31 heavy (non-hydrogen) atoms. The van der Waals surface area contributed by atoms with Gasteiger partial charge in [0.15, 0.2) is 17.3 Å². The molecule has 3 rings (SSSR count). The zero-order valence-corrected chi connectivity index (χ0v) is 17.1. The Morgan fingerprint density at radius 2 is 1.87 bits per heavy atom. The number of amides is 3. The number of phenolic OH excluding ortho intramolecular Hbond substituents is 2. The van der Waals surface area contributed by atoms with E-state index in [0.29, 0.717) is 17.3 Å². The summed E-state index contributed by atoms with van der Waals surface area (Å²) in [7, 11) is 1.34. The molecule has 3 amide bonds. The van der Waals surface area contributed by atoms with E-state index in [1.54, 1.807) is 6.07 Å². The maximum atomic E-state index is 13.3. The Balaban J connectivity index is 1.65. The molecule has 0 aliphatic carbocycles. The van der Waals surface area contributed by atoms with Gasteiger partial charge in [-0.15, -0.1) is 0 Å². The van der Waals surface area contributed by atoms with Gasteiger partial charge in [-0.3, -0.25) is 24.1 Å². The zero-order valence-electron chi connectivity index (χ0n) is 16.2. The van der Waals surface area contributed by atoms with Gasteiger partial charge in [-0.25, -0.2) is 4.39 Å². The van der Waals surface area contributed by atoms with E-state index >= 15 is 0 Å². The Hall–Kier alpha value is -3.66. The fourth-order valence-electron chi connectivity index (χ4n) is 2.73. The number of benzene rings is 2. The molecule has 0 atom stereocenters. The molecule has 2 aromatic carbocycles. The number of Topliss-reactive ketones (excluding diaryl/α,β-unsaturated/α-hetero) is 1. The Morgan fingerprint density at radius 1 is 1.13 bits per heavy atom. The van der Waals surface area contributed by atoms with E-state index in [0.717, 1.165) is 21.9 Å². The van der Waals surface area contributed by atoms with E-state index in [4.69, 9.17) is 0 Å². The van der Waals surface area contributed by atoms with Crippen LogP contribution >= 0.6 is 11.8 Å². The van der Waals surface area contributed by atoms with Crippen molar-refractivity contribution < 1.29 is 33.8 Å². The minimum atomic E-state index is -0.684. The number of phenols is 2. The van der Waals surface area contributed by atoms with E-state index in [1.807, 2.05) is 0 Å². The molecule has 1 heterocycles. The van der Waals surface area contributed by atoms with Crippen LogP contribution in [0.2, 0.25) is 0 Å². The zero-order chi connectivity index (χ0) is 22.7. The first-order chi connectivity index (χ1) is 14.7. The first-order valence-corrected chi connectivity index (χ1v) is 9.77. The smallest absolute Gasteiger partial charge is 0.294 e. The number of carbonyl (C=O) groups excluding carboxylic acids is 4. The number of aromatic hydroxyl groups is 2. The highest BCUT2D eigenvalue weighted by Gasteiger charge is 2.37. The fourth-order valence-corrected chi connectivity index (χ4v) is 3.57. The van der Waals surface area contributed by atoms with Gasteiger partial charge in [-0.2, -0.15) is 0 Å². The number of carbonyl (C=O) groups is 4. The fraction of sp³-hybridized carbons (Fsp3) is 0.143. The molecule has 1 aliphatic heterocycles. The number of nitrogens with zero attached hydrogens (tertiary/aromatic N) is 2. The molecule has 10 heteroatoms. The highest BCUT2D eigenvalue weighted by Crippen LogP contribution is 2.32. The van der Waals surface area contributed by atoms with Gasteiger partial charge in [0.25, 0.3) is 11.1 Å². The third-order valence-electron chi connectivity index (χ3n) is 4.42. The Kier molecular flexibility index (Phi) is 6.40. The van der Waals surface area contributed by atoms with Crippen molar-refractivity contribution in [3.05, 3.63) is 64.3 Å². The van der Waals surface area contributed by atoms with Crippen LogP contribution in [0.1, 0.15) is 15.9 Å². The molecule has 0 aromatic heterocycles. The van der Waals surface area contributed by atoms with Crippen molar-refractivity contribution in [2.24, 2.45) is 0 Å². The van der Waals surface area contributed by atoms with E-state index in [1.165, 1.54) is 37.4 Å². The van der Waals surface area contributed by atoms with Crippen LogP contribution in [-0.2, 0) is 9.59 Å². The molecule has 1 aliphatic rings. The molecule has 0 unspecified atom stereocenters. The average molecular weight is 444 g/mol. The number of rotatable bonds is 6. The van der Waals surface area contributed by atoms with Crippen LogP contribution < -0.4 is 0 Å². The standard InChI is InChI=1S/C21H17FN2O6S/c1-23(10-17(27)13-5-6-15(25)16(26)9-13)19(28)11-24-20(29)18(31-21(24)30)8-12-3-2-4-14(22)7-12/h2-9,25-26H,10-11H2,1H3/b18-8-. The van der Waals surface area contributed by atoms with Crippen LogP contribution in [0.25, 0.3) is 6.08 Å². The van der Waals surface area contributed by atoms with Gasteiger partial charge in [-0.05, 0) is 53.7 Å². The molecule has 160 valence electrons. The second-order valence-electron chi connectivity index (χ2n) is 6.70. The van der Waals surface area contributed by atoms with Crippen LogP contribution in [0.15, 0.2) is 47.4 Å². The summed E-state index contributed by atoms with van der Waals surface area (Å²) in [5.41, 5.74) is 0.482. The topological polar surface area (TPSA) is 115 Å². The second-order valence-corrected chi connectivity index (χ2v) is 7.69. The van der Waals surface area contributed by atoms with Gasteiger partial charge in [0.1, 0.15) is 12.4 Å². The van der Waals surface area contributed by atoms with E-state index in [-0.39, 0.29) is 22.8 Å². The monoisotopic (exact) mass is 444 g/mol. The van der Waals surface area contributed by atoms with E-state index in [2.05, 4.69) is 0 Å². The first kappa shape index (κ1) is 22.0. The summed E-state index contributed by atoms with van der Waals surface area (Å²) in [6.07, 6.45) is 1.36. The highest BCUT2D eigenvalue weighted by molar-refractivity contribution is 8.18. The van der Waals surface area contributed by atoms with Crippen molar-refractivity contribution in [2.75, 3.05) is 20.1 Å². The largest absolute Gasteiger partial charge is 0.504 e. The SMILES string of the molecule is CN(CC(=O)c1ccc(O)c(O)c1)C(=O)CN1C(=O)S/C(=C\c2cccc(F)c2)C1=O. The minimum Gasteiger partial charge on any atom is -0.504 e. The lowest BCUT2D eigenvalue weighted by Crippen LogP contribution is -2.42. The van der Waals surface area contributed by atoms with Crippen LogP contribution in [0.3, 0.4) is 0 Å². The van der Waals surface area contributed by atoms with Crippen LogP contribution in [-0.4, -0.2) is 63.0 Å². The molecule has 0 spiro atoms. The number of imide groups is 1. The number of hydrogen-bond acceptors (Lipinski definition) is 7. The number of likely N-dealkylation sites (N-methyl/N-ethyl adjacent to an activating group) is 1. The van der Waals surface area contributed by atoms with Gasteiger partial charge in [-0.1, -0.05) is 12.1 Å². The van der Waals surface area contributed by atoms with Crippen molar-refractivity contribution in [1.29, 1.82) is 0 Å². The van der Waals surface area contributed by atoms with Crippen molar-refractivity contribution in [3.8, 4) is 11.5 Å². The lowest BCUT2D eigenvalue weighted by molar-refractivity contribution is -0.134. The van der Waals surface area contributed by atoms with Crippen LogP contribution in [0.5, 0.6) is 11.5 Å². The van der Waals surface area contributed by atoms with Crippen molar-refractivity contribution in [3.63, 3.8) is 0 Å². The molecular formula is C21H17FN2O6S. The van der Waals surface area contributed by atoms with Gasteiger partial charge in [0.2, 0.25) is 5.91 Å². The molecular weight excluding hydrogens is 427 g/mol. The molecule has 1 fully saturated rings. The normalized spacial score (nSPS) is 14.9. The molecule has 2 aromatic rings. The molecule has 0 saturated carbocycles. The maximum Gasteiger partial charge on any atom is 0.294 e. The predicted octanol–water partition coefficient (Wildman–Crippen LogP) is 2.61. The first-order valence-electron chi connectivity index (χ1n) is 8.96. The third-order valence-corrected chi connectivity index (χ3v) is 5.32. The Labute approximate surface area is 180 Å². The molecule has 2 N–H and O–H groups in total. The number of ketones is 1. The van der Waals surface area contributed by atoms with Gasteiger partial charge in [0, 0.05) is 12.6 Å². The highest BCUT2D eigenvalue weighted by atomic mass is 32.2. The summed E-state index contributed by atoms with van der Waals surface area (Å²) in [4.78, 5) is 51.3. The molecule has 8 nitrogen and oxygen atoms in total. The van der Waals surface area contributed by atoms with Crippen LogP contribution in [0, 0.1) is 5.82 Å². The Bertz CT molecular complexity index is 1120. The summed E-state index contributed by atoms with van der Waals surface area (Å²) >= 11 is 0.637. The van der Waals surface area contributed by atoms with E-state index in [9.17, 15) is 33.8 Å². The van der Waals surface area contributed by atoms with Crippen molar-refractivity contribution in [1.82, 2.24) is 9.80 Å². The summed E-state index contributed by atoms with van der Waals surface area (Å²) in [6, 6.07) is 9.01. The van der Waals surface area contributed by atoms with Gasteiger partial charge >= 0.3 is 0 Å². The van der Waals surface area contributed by atoms with Crippen LogP contribution in [0.4, 0.5) is 9.18 Å². The summed E-state index contributed by atoms with van der Waals surface area (Å²) < 4.78 is 13.3. The van der Waals surface area contributed by atoms with Gasteiger partial charge < -0.3 is 15.1 Å². The molecule has 0 bridgehead atoms.